The number of aliphatic hydroxyl groups is 1. The van der Waals surface area contributed by atoms with Crippen LogP contribution >= 0.6 is 23.2 Å². The molecule has 1 heterocycles. The van der Waals surface area contributed by atoms with Gasteiger partial charge in [0.05, 0.1) is 11.4 Å². The summed E-state index contributed by atoms with van der Waals surface area (Å²) in [5, 5.41) is 12.0. The van der Waals surface area contributed by atoms with Crippen LogP contribution in [0.15, 0.2) is 42.5 Å². The predicted octanol–water partition coefficient (Wildman–Crippen LogP) is 4.35. The Morgan fingerprint density at radius 2 is 1.79 bits per heavy atom. The summed E-state index contributed by atoms with van der Waals surface area (Å²) >= 11 is 12.3. The third kappa shape index (κ3) is 3.08. The number of hydrogen-bond donors (Lipinski definition) is 1. The molecule has 5 heteroatoms. The highest BCUT2D eigenvalue weighted by atomic mass is 35.5. The number of rotatable bonds is 4. The molecule has 0 aromatic heterocycles. The van der Waals surface area contributed by atoms with Crippen molar-refractivity contribution in [2.45, 2.75) is 25.1 Å². The molecule has 1 aliphatic carbocycles. The van der Waals surface area contributed by atoms with E-state index in [0.717, 1.165) is 24.3 Å². The highest BCUT2D eigenvalue weighted by molar-refractivity contribution is 6.33. The zero-order valence-electron chi connectivity index (χ0n) is 13.2. The van der Waals surface area contributed by atoms with E-state index in [4.69, 9.17) is 23.2 Å². The maximum absolute atomic E-state index is 10.8. The van der Waals surface area contributed by atoms with Crippen molar-refractivity contribution in [1.82, 2.24) is 0 Å². The fourth-order valence-corrected chi connectivity index (χ4v) is 3.70. The van der Waals surface area contributed by atoms with Crippen LogP contribution in [0.5, 0.6) is 0 Å². The largest absolute Gasteiger partial charge is 0.373 e. The first kappa shape index (κ1) is 16.1. The van der Waals surface area contributed by atoms with Crippen molar-refractivity contribution in [3.63, 3.8) is 0 Å². The molecule has 2 aliphatic rings. The summed E-state index contributed by atoms with van der Waals surface area (Å²) in [6, 6.07) is 14.2. The van der Waals surface area contributed by atoms with E-state index in [1.165, 1.54) is 18.5 Å². The Bertz CT molecular complexity index is 748. The summed E-state index contributed by atoms with van der Waals surface area (Å²) < 4.78 is 0. The smallest absolute Gasteiger partial charge is 0.134 e. The van der Waals surface area contributed by atoms with Gasteiger partial charge in [0.25, 0.3) is 0 Å². The molecule has 125 valence electrons. The Labute approximate surface area is 152 Å². The number of hydrogen-bond acceptors (Lipinski definition) is 3. The van der Waals surface area contributed by atoms with E-state index in [-0.39, 0.29) is 0 Å². The van der Waals surface area contributed by atoms with Gasteiger partial charge in [-0.05, 0) is 48.7 Å². The van der Waals surface area contributed by atoms with Gasteiger partial charge in [0, 0.05) is 35.6 Å². The van der Waals surface area contributed by atoms with Gasteiger partial charge >= 0.3 is 0 Å². The van der Waals surface area contributed by atoms with Gasteiger partial charge < -0.3 is 14.9 Å². The zero-order valence-corrected chi connectivity index (χ0v) is 14.7. The summed E-state index contributed by atoms with van der Waals surface area (Å²) in [7, 11) is 0. The number of para-hydroxylation sites is 2. The molecule has 3 nitrogen and oxygen atoms in total. The van der Waals surface area contributed by atoms with Crippen molar-refractivity contribution in [2.24, 2.45) is 0 Å². The Morgan fingerprint density at radius 1 is 1.04 bits per heavy atom. The van der Waals surface area contributed by atoms with Crippen molar-refractivity contribution < 1.29 is 5.11 Å². The molecule has 0 bridgehead atoms. The second-order valence-electron chi connectivity index (χ2n) is 6.35. The van der Waals surface area contributed by atoms with Crippen molar-refractivity contribution in [1.29, 1.82) is 0 Å². The van der Waals surface area contributed by atoms with Crippen LogP contribution in [0, 0.1) is 6.42 Å². The second-order valence-corrected chi connectivity index (χ2v) is 7.20. The second kappa shape index (κ2) is 6.47. The van der Waals surface area contributed by atoms with Gasteiger partial charge in [-0.25, -0.2) is 0 Å². The SMILES string of the molecule is OC([CH]c1cc(Cl)ccc1Cl)N1CCN(C2CC2)c2ccccc21. The Morgan fingerprint density at radius 3 is 2.54 bits per heavy atom. The van der Waals surface area contributed by atoms with Crippen molar-refractivity contribution >= 4 is 34.6 Å². The van der Waals surface area contributed by atoms with E-state index < -0.39 is 6.23 Å². The molecule has 1 fully saturated rings. The molecule has 0 amide bonds. The quantitative estimate of drug-likeness (QED) is 0.876. The monoisotopic (exact) mass is 361 g/mol. The topological polar surface area (TPSA) is 26.7 Å². The molecule has 1 aliphatic heterocycles. The van der Waals surface area contributed by atoms with Gasteiger partial charge in [0.1, 0.15) is 6.23 Å². The molecule has 0 saturated heterocycles. The first-order chi connectivity index (χ1) is 11.6. The summed E-state index contributed by atoms with van der Waals surface area (Å²) in [4.78, 5) is 4.48. The Kier molecular flexibility index (Phi) is 4.33. The van der Waals surface area contributed by atoms with Gasteiger partial charge in [-0.2, -0.15) is 0 Å². The van der Waals surface area contributed by atoms with Gasteiger partial charge in [-0.15, -0.1) is 0 Å². The highest BCUT2D eigenvalue weighted by Gasteiger charge is 2.35. The molecule has 1 radical (unpaired) electrons. The maximum Gasteiger partial charge on any atom is 0.134 e. The molecule has 2 aromatic rings. The van der Waals surface area contributed by atoms with Gasteiger partial charge in [-0.1, -0.05) is 35.3 Å². The van der Waals surface area contributed by atoms with E-state index in [1.807, 2.05) is 11.0 Å². The standard InChI is InChI=1S/C19H19Cl2N2O/c20-14-5-8-16(21)13(11-14)12-19(24)23-10-9-22(15-6-7-15)17-3-1-2-4-18(17)23/h1-5,8,11-12,15,19,24H,6-7,9-10H2. The van der Waals surface area contributed by atoms with Crippen LogP contribution in [-0.4, -0.2) is 30.5 Å². The Balaban J connectivity index is 1.59. The molecule has 2 aromatic carbocycles. The number of aliphatic hydroxyl groups excluding tert-OH is 1. The highest BCUT2D eigenvalue weighted by Crippen LogP contribution is 2.40. The molecule has 1 atom stereocenters. The minimum atomic E-state index is -0.747. The van der Waals surface area contributed by atoms with Crippen molar-refractivity contribution in [3.8, 4) is 0 Å². The van der Waals surface area contributed by atoms with Crippen LogP contribution in [-0.2, 0) is 0 Å². The molecule has 0 spiro atoms. The van der Waals surface area contributed by atoms with E-state index in [1.54, 1.807) is 24.6 Å². The minimum Gasteiger partial charge on any atom is -0.373 e. The summed E-state index contributed by atoms with van der Waals surface area (Å²) in [5.41, 5.74) is 3.02. The number of fused-ring (bicyclic) bond motifs is 1. The lowest BCUT2D eigenvalue weighted by Crippen LogP contribution is -2.47. The van der Waals surface area contributed by atoms with Crippen LogP contribution < -0.4 is 9.80 Å². The third-order valence-corrected chi connectivity index (χ3v) is 5.26. The number of benzene rings is 2. The lowest BCUT2D eigenvalue weighted by atomic mass is 10.1. The zero-order chi connectivity index (χ0) is 16.7. The summed E-state index contributed by atoms with van der Waals surface area (Å²) in [5.74, 6) is 0. The van der Waals surface area contributed by atoms with Crippen LogP contribution in [0.25, 0.3) is 0 Å². The number of nitrogens with zero attached hydrogens (tertiary/aromatic N) is 2. The third-order valence-electron chi connectivity index (χ3n) is 4.68. The fraction of sp³-hybridized carbons (Fsp3) is 0.316. The van der Waals surface area contributed by atoms with E-state index in [9.17, 15) is 5.11 Å². The lowest BCUT2D eigenvalue weighted by Gasteiger charge is -2.41. The van der Waals surface area contributed by atoms with Gasteiger partial charge in [-0.3, -0.25) is 0 Å². The molecule has 1 saturated carbocycles. The predicted molar refractivity (Wildman–Crippen MR) is 100 cm³/mol. The molecular weight excluding hydrogens is 343 g/mol. The van der Waals surface area contributed by atoms with Gasteiger partial charge in [0.2, 0.25) is 0 Å². The maximum atomic E-state index is 10.8. The molecule has 24 heavy (non-hydrogen) atoms. The molecular formula is C19H19Cl2N2O. The van der Waals surface area contributed by atoms with E-state index in [0.29, 0.717) is 16.1 Å². The lowest BCUT2D eigenvalue weighted by molar-refractivity contribution is 0.203. The summed E-state index contributed by atoms with van der Waals surface area (Å²) in [6.07, 6.45) is 3.54. The fourth-order valence-electron chi connectivity index (χ4n) is 3.34. The van der Waals surface area contributed by atoms with Crippen LogP contribution in [0.3, 0.4) is 0 Å². The average molecular weight is 362 g/mol. The number of anilines is 2. The molecule has 1 N–H and O–H groups in total. The first-order valence-electron chi connectivity index (χ1n) is 8.24. The van der Waals surface area contributed by atoms with E-state index >= 15 is 0 Å². The van der Waals surface area contributed by atoms with Gasteiger partial charge in [0.15, 0.2) is 0 Å². The van der Waals surface area contributed by atoms with Crippen LogP contribution in [0.4, 0.5) is 11.4 Å². The summed E-state index contributed by atoms with van der Waals surface area (Å²) in [6.45, 7) is 1.71. The molecule has 4 rings (SSSR count). The first-order valence-corrected chi connectivity index (χ1v) is 8.99. The van der Waals surface area contributed by atoms with Crippen molar-refractivity contribution in [3.05, 3.63) is 64.5 Å². The average Bonchev–Trinajstić information content (AvgIpc) is 3.42. The van der Waals surface area contributed by atoms with E-state index in [2.05, 4.69) is 23.1 Å². The van der Waals surface area contributed by atoms with Crippen molar-refractivity contribution in [2.75, 3.05) is 22.9 Å². The Hall–Kier alpha value is -1.42. The number of halogens is 2. The van der Waals surface area contributed by atoms with Crippen LogP contribution in [0.1, 0.15) is 18.4 Å². The molecule has 1 unspecified atom stereocenters. The minimum absolute atomic E-state index is 0.586. The van der Waals surface area contributed by atoms with Crippen LogP contribution in [0.2, 0.25) is 10.0 Å². The normalized spacial score (nSPS) is 18.5.